The van der Waals surface area contributed by atoms with Gasteiger partial charge in [0.2, 0.25) is 0 Å². The second-order valence-electron chi connectivity index (χ2n) is 4.01. The molecule has 1 aromatic carbocycles. The van der Waals surface area contributed by atoms with Crippen LogP contribution in [0, 0.1) is 0 Å². The quantitative estimate of drug-likeness (QED) is 0.856. The van der Waals surface area contributed by atoms with Crippen LogP contribution in [-0.2, 0) is 11.2 Å². The fraction of sp³-hybridized carbons (Fsp3) is 0.417. The molecule has 0 aliphatic heterocycles. The SMILES string of the molecule is O=C(O)CCC1CCc2ccc(Cl)cc21. The van der Waals surface area contributed by atoms with Gasteiger partial charge in [0.15, 0.2) is 0 Å². The monoisotopic (exact) mass is 224 g/mol. The number of halogens is 1. The number of carbonyl (C=O) groups is 1. The van der Waals surface area contributed by atoms with Gasteiger partial charge < -0.3 is 5.11 Å². The van der Waals surface area contributed by atoms with Gasteiger partial charge in [0.1, 0.15) is 0 Å². The Labute approximate surface area is 93.9 Å². The van der Waals surface area contributed by atoms with E-state index in [4.69, 9.17) is 16.7 Å². The minimum Gasteiger partial charge on any atom is -0.481 e. The van der Waals surface area contributed by atoms with E-state index in [9.17, 15) is 4.79 Å². The van der Waals surface area contributed by atoms with Crippen LogP contribution in [0.4, 0.5) is 0 Å². The number of rotatable bonds is 3. The van der Waals surface area contributed by atoms with Crippen LogP contribution < -0.4 is 0 Å². The molecule has 0 fully saturated rings. The molecule has 0 heterocycles. The smallest absolute Gasteiger partial charge is 0.303 e. The summed E-state index contributed by atoms with van der Waals surface area (Å²) in [4.78, 5) is 10.5. The van der Waals surface area contributed by atoms with Crippen molar-refractivity contribution in [3.8, 4) is 0 Å². The normalized spacial score (nSPS) is 18.9. The number of carboxylic acid groups (broad SMARTS) is 1. The molecular weight excluding hydrogens is 212 g/mol. The molecule has 3 heteroatoms. The van der Waals surface area contributed by atoms with E-state index in [1.54, 1.807) is 0 Å². The molecule has 1 aliphatic rings. The zero-order chi connectivity index (χ0) is 10.8. The van der Waals surface area contributed by atoms with Crippen molar-refractivity contribution in [1.29, 1.82) is 0 Å². The molecule has 1 unspecified atom stereocenters. The number of benzene rings is 1. The highest BCUT2D eigenvalue weighted by Crippen LogP contribution is 2.37. The lowest BCUT2D eigenvalue weighted by Gasteiger charge is -2.09. The van der Waals surface area contributed by atoms with E-state index in [0.717, 1.165) is 24.3 Å². The molecule has 2 nitrogen and oxygen atoms in total. The van der Waals surface area contributed by atoms with Gasteiger partial charge in [-0.3, -0.25) is 4.79 Å². The van der Waals surface area contributed by atoms with Gasteiger partial charge in [-0.25, -0.2) is 0 Å². The molecule has 0 amide bonds. The first kappa shape index (κ1) is 10.5. The Kier molecular flexibility index (Phi) is 2.96. The van der Waals surface area contributed by atoms with E-state index in [2.05, 4.69) is 6.07 Å². The van der Waals surface area contributed by atoms with Crippen LogP contribution >= 0.6 is 11.6 Å². The number of aliphatic carboxylic acids is 1. The van der Waals surface area contributed by atoms with E-state index in [-0.39, 0.29) is 6.42 Å². The number of hydrogen-bond acceptors (Lipinski definition) is 1. The average Bonchev–Trinajstić information content (AvgIpc) is 2.57. The van der Waals surface area contributed by atoms with Gasteiger partial charge in [0, 0.05) is 11.4 Å². The van der Waals surface area contributed by atoms with Crippen LogP contribution in [0.3, 0.4) is 0 Å². The van der Waals surface area contributed by atoms with Crippen molar-refractivity contribution in [1.82, 2.24) is 0 Å². The van der Waals surface area contributed by atoms with Crippen LogP contribution in [0.1, 0.15) is 36.3 Å². The summed E-state index contributed by atoms with van der Waals surface area (Å²) in [5, 5.41) is 9.40. The molecule has 0 aromatic heterocycles. The third-order valence-corrected chi connectivity index (χ3v) is 3.25. The van der Waals surface area contributed by atoms with Crippen LogP contribution in [0.2, 0.25) is 5.02 Å². The van der Waals surface area contributed by atoms with E-state index in [1.807, 2.05) is 12.1 Å². The maximum Gasteiger partial charge on any atom is 0.303 e. The van der Waals surface area contributed by atoms with E-state index in [0.29, 0.717) is 5.92 Å². The Morgan fingerprint density at radius 1 is 1.53 bits per heavy atom. The van der Waals surface area contributed by atoms with E-state index in [1.165, 1.54) is 11.1 Å². The molecule has 1 atom stereocenters. The summed E-state index contributed by atoms with van der Waals surface area (Å²) < 4.78 is 0. The molecule has 15 heavy (non-hydrogen) atoms. The summed E-state index contributed by atoms with van der Waals surface area (Å²) in [6, 6.07) is 5.94. The summed E-state index contributed by atoms with van der Waals surface area (Å²) in [5.41, 5.74) is 2.58. The fourth-order valence-electron chi connectivity index (χ4n) is 2.26. The Morgan fingerprint density at radius 3 is 3.07 bits per heavy atom. The van der Waals surface area contributed by atoms with Gasteiger partial charge in [-0.2, -0.15) is 0 Å². The van der Waals surface area contributed by atoms with Gasteiger partial charge >= 0.3 is 5.97 Å². The largest absolute Gasteiger partial charge is 0.481 e. The fourth-order valence-corrected chi connectivity index (χ4v) is 2.44. The number of fused-ring (bicyclic) bond motifs is 1. The van der Waals surface area contributed by atoms with Crippen LogP contribution in [0.5, 0.6) is 0 Å². The summed E-state index contributed by atoms with van der Waals surface area (Å²) in [6.07, 6.45) is 3.08. The van der Waals surface area contributed by atoms with Crippen molar-refractivity contribution in [3.63, 3.8) is 0 Å². The molecule has 2 rings (SSSR count). The van der Waals surface area contributed by atoms with Crippen molar-refractivity contribution < 1.29 is 9.90 Å². The van der Waals surface area contributed by atoms with E-state index < -0.39 is 5.97 Å². The Balaban J connectivity index is 2.13. The molecule has 1 N–H and O–H groups in total. The van der Waals surface area contributed by atoms with Crippen LogP contribution in [-0.4, -0.2) is 11.1 Å². The second-order valence-corrected chi connectivity index (χ2v) is 4.45. The molecular formula is C12H13ClO2. The molecule has 0 saturated carbocycles. The number of hydrogen-bond donors (Lipinski definition) is 1. The van der Waals surface area contributed by atoms with Gasteiger partial charge in [0.05, 0.1) is 0 Å². The minimum absolute atomic E-state index is 0.247. The van der Waals surface area contributed by atoms with Crippen molar-refractivity contribution in [2.75, 3.05) is 0 Å². The molecule has 0 radical (unpaired) electrons. The van der Waals surface area contributed by atoms with Crippen molar-refractivity contribution in [3.05, 3.63) is 34.3 Å². The number of carboxylic acids is 1. The van der Waals surface area contributed by atoms with Crippen LogP contribution in [0.15, 0.2) is 18.2 Å². The van der Waals surface area contributed by atoms with Crippen molar-refractivity contribution in [2.45, 2.75) is 31.6 Å². The predicted octanol–water partition coefficient (Wildman–Crippen LogP) is 3.23. The zero-order valence-corrected chi connectivity index (χ0v) is 9.13. The highest BCUT2D eigenvalue weighted by atomic mass is 35.5. The summed E-state index contributed by atoms with van der Waals surface area (Å²) in [6.45, 7) is 0. The third kappa shape index (κ3) is 2.32. The Bertz CT molecular complexity index is 387. The second kappa shape index (κ2) is 4.23. The minimum atomic E-state index is -0.717. The lowest BCUT2D eigenvalue weighted by Crippen LogP contribution is -2.00. The van der Waals surface area contributed by atoms with Gasteiger partial charge in [-0.05, 0) is 48.4 Å². The highest BCUT2D eigenvalue weighted by Gasteiger charge is 2.22. The maximum absolute atomic E-state index is 10.5. The lowest BCUT2D eigenvalue weighted by molar-refractivity contribution is -0.137. The predicted molar refractivity (Wildman–Crippen MR) is 59.4 cm³/mol. The molecule has 0 spiro atoms. The summed E-state index contributed by atoms with van der Waals surface area (Å²) >= 11 is 5.94. The van der Waals surface area contributed by atoms with Crippen molar-refractivity contribution >= 4 is 17.6 Å². The number of aryl methyl sites for hydroxylation is 1. The third-order valence-electron chi connectivity index (χ3n) is 3.02. The standard InChI is InChI=1S/C12H13ClO2/c13-10-5-3-8-1-2-9(11(8)7-10)4-6-12(14)15/h3,5,7,9H,1-2,4,6H2,(H,14,15). The van der Waals surface area contributed by atoms with Gasteiger partial charge in [0.25, 0.3) is 0 Å². The van der Waals surface area contributed by atoms with E-state index >= 15 is 0 Å². The van der Waals surface area contributed by atoms with Gasteiger partial charge in [-0.1, -0.05) is 17.7 Å². The first-order valence-electron chi connectivity index (χ1n) is 5.17. The Morgan fingerprint density at radius 2 is 2.33 bits per heavy atom. The first-order chi connectivity index (χ1) is 7.16. The first-order valence-corrected chi connectivity index (χ1v) is 5.54. The van der Waals surface area contributed by atoms with Gasteiger partial charge in [-0.15, -0.1) is 0 Å². The summed E-state index contributed by atoms with van der Waals surface area (Å²) in [5.74, 6) is -0.333. The molecule has 0 bridgehead atoms. The molecule has 0 saturated heterocycles. The molecule has 1 aliphatic carbocycles. The Hall–Kier alpha value is -1.02. The topological polar surface area (TPSA) is 37.3 Å². The summed E-state index contributed by atoms with van der Waals surface area (Å²) in [7, 11) is 0. The molecule has 80 valence electrons. The zero-order valence-electron chi connectivity index (χ0n) is 8.37. The van der Waals surface area contributed by atoms with Crippen molar-refractivity contribution in [2.24, 2.45) is 0 Å². The lowest BCUT2D eigenvalue weighted by atomic mass is 9.96. The average molecular weight is 225 g/mol. The molecule has 1 aromatic rings. The highest BCUT2D eigenvalue weighted by molar-refractivity contribution is 6.30. The van der Waals surface area contributed by atoms with Crippen LogP contribution in [0.25, 0.3) is 0 Å². The maximum atomic E-state index is 10.5.